The smallest absolute Gasteiger partial charge is 0.201 e. The summed E-state index contributed by atoms with van der Waals surface area (Å²) in [6.07, 6.45) is 4.76. The maximum Gasteiger partial charge on any atom is 0.201 e. The first-order chi connectivity index (χ1) is 17.5. The third kappa shape index (κ3) is 6.00. The molecule has 0 radical (unpaired) electrons. The van der Waals surface area contributed by atoms with Crippen molar-refractivity contribution in [1.29, 1.82) is 0 Å². The lowest BCUT2D eigenvalue weighted by Crippen LogP contribution is -2.31. The number of hydrogen-bond acceptors (Lipinski definition) is 3. The number of unbranched alkanes of at least 4 members (excludes halogenated alkanes) is 1. The number of halogens is 3. The molecule has 4 rings (SSSR count). The molecular weight excluding hydrogens is 465 g/mol. The summed E-state index contributed by atoms with van der Waals surface area (Å²) in [5.74, 6) is -2.53. The summed E-state index contributed by atoms with van der Waals surface area (Å²) in [5.41, 5.74) is 2.68. The highest BCUT2D eigenvalue weighted by molar-refractivity contribution is 5.71. The van der Waals surface area contributed by atoms with Crippen LogP contribution in [0.4, 0.5) is 13.2 Å². The first-order valence-electron chi connectivity index (χ1n) is 12.4. The van der Waals surface area contributed by atoms with Crippen LogP contribution >= 0.6 is 0 Å². The van der Waals surface area contributed by atoms with Crippen molar-refractivity contribution in [1.82, 2.24) is 0 Å². The van der Waals surface area contributed by atoms with Crippen LogP contribution < -0.4 is 4.74 Å². The number of benzene rings is 3. The van der Waals surface area contributed by atoms with Crippen molar-refractivity contribution >= 4 is 0 Å². The van der Waals surface area contributed by atoms with Gasteiger partial charge in [-0.2, -0.15) is 4.39 Å². The monoisotopic (exact) mass is 496 g/mol. The Hall–Kier alpha value is -3.09. The molecule has 0 saturated carbocycles. The van der Waals surface area contributed by atoms with Crippen LogP contribution in [0, 0.1) is 17.5 Å². The van der Waals surface area contributed by atoms with Gasteiger partial charge in [0.2, 0.25) is 5.82 Å². The van der Waals surface area contributed by atoms with Crippen LogP contribution in [0.25, 0.3) is 22.3 Å². The van der Waals surface area contributed by atoms with Gasteiger partial charge in [0.1, 0.15) is 5.82 Å². The van der Waals surface area contributed by atoms with E-state index in [4.69, 9.17) is 14.2 Å². The lowest BCUT2D eigenvalue weighted by atomic mass is 9.95. The fourth-order valence-electron chi connectivity index (χ4n) is 4.22. The quantitative estimate of drug-likeness (QED) is 0.210. The van der Waals surface area contributed by atoms with E-state index in [2.05, 4.69) is 6.58 Å². The van der Waals surface area contributed by atoms with Crippen molar-refractivity contribution < 1.29 is 27.4 Å². The molecule has 0 aromatic heterocycles. The maximum atomic E-state index is 15.0. The molecule has 1 fully saturated rings. The van der Waals surface area contributed by atoms with Gasteiger partial charge in [0.05, 0.1) is 19.8 Å². The molecule has 6 heteroatoms. The molecule has 0 atom stereocenters. The van der Waals surface area contributed by atoms with Gasteiger partial charge in [0.15, 0.2) is 17.9 Å². The van der Waals surface area contributed by atoms with Crippen LogP contribution in [-0.4, -0.2) is 26.1 Å². The topological polar surface area (TPSA) is 27.7 Å². The normalized spacial score (nSPS) is 17.7. The second kappa shape index (κ2) is 12.2. The highest BCUT2D eigenvalue weighted by atomic mass is 19.2. The predicted molar refractivity (Wildman–Crippen MR) is 135 cm³/mol. The molecule has 1 saturated heterocycles. The lowest BCUT2D eigenvalue weighted by molar-refractivity contribution is -0.189. The number of hydrogen-bond donors (Lipinski definition) is 0. The summed E-state index contributed by atoms with van der Waals surface area (Å²) in [6.45, 7) is 6.84. The molecule has 0 spiro atoms. The third-order valence-corrected chi connectivity index (χ3v) is 6.34. The van der Waals surface area contributed by atoms with Crippen molar-refractivity contribution in [3.8, 4) is 28.0 Å². The summed E-state index contributed by atoms with van der Waals surface area (Å²) in [6, 6.07) is 15.0. The summed E-state index contributed by atoms with van der Waals surface area (Å²) in [5, 5.41) is 0. The van der Waals surface area contributed by atoms with Gasteiger partial charge in [0.25, 0.3) is 0 Å². The average molecular weight is 497 g/mol. The largest absolute Gasteiger partial charge is 0.490 e. The van der Waals surface area contributed by atoms with E-state index >= 15 is 0 Å². The molecule has 1 aliphatic heterocycles. The second-order valence-electron chi connectivity index (χ2n) is 8.91. The van der Waals surface area contributed by atoms with Crippen molar-refractivity contribution in [2.75, 3.05) is 19.8 Å². The zero-order valence-electron chi connectivity index (χ0n) is 20.4. The molecule has 1 aliphatic rings. The first-order valence-corrected chi connectivity index (χ1v) is 12.4. The number of allylic oxidation sites excluding steroid dienone is 1. The Morgan fingerprint density at radius 3 is 2.28 bits per heavy atom. The van der Waals surface area contributed by atoms with Crippen LogP contribution in [0.5, 0.6) is 5.75 Å². The van der Waals surface area contributed by atoms with Gasteiger partial charge in [-0.1, -0.05) is 55.8 Å². The van der Waals surface area contributed by atoms with Crippen LogP contribution in [0.3, 0.4) is 0 Å². The van der Waals surface area contributed by atoms with Crippen LogP contribution in [0.1, 0.15) is 44.1 Å². The summed E-state index contributed by atoms with van der Waals surface area (Å²) in [4.78, 5) is 0. The molecule has 0 bridgehead atoms. The molecular formula is C30H31F3O3. The highest BCUT2D eigenvalue weighted by Gasteiger charge is 2.25. The molecule has 190 valence electrons. The SMILES string of the molecule is C=CCCC1OCC(c2ccc(-c3ccc(-c4ccc(OCCCC)c(F)c4F)cc3)cc2F)CO1. The van der Waals surface area contributed by atoms with Gasteiger partial charge in [-0.15, -0.1) is 6.58 Å². The van der Waals surface area contributed by atoms with E-state index in [1.165, 1.54) is 18.2 Å². The average Bonchev–Trinajstić information content (AvgIpc) is 2.90. The summed E-state index contributed by atoms with van der Waals surface area (Å²) >= 11 is 0. The Morgan fingerprint density at radius 2 is 1.61 bits per heavy atom. The molecule has 1 heterocycles. The van der Waals surface area contributed by atoms with E-state index in [0.29, 0.717) is 36.5 Å². The van der Waals surface area contributed by atoms with E-state index in [0.717, 1.165) is 31.2 Å². The predicted octanol–water partition coefficient (Wildman–Crippen LogP) is 8.04. The molecule has 3 aromatic rings. The molecule has 36 heavy (non-hydrogen) atoms. The fourth-order valence-corrected chi connectivity index (χ4v) is 4.22. The van der Waals surface area contributed by atoms with Gasteiger partial charge >= 0.3 is 0 Å². The van der Waals surface area contributed by atoms with E-state index in [1.807, 2.05) is 19.1 Å². The first kappa shape index (κ1) is 26.0. The van der Waals surface area contributed by atoms with Crippen LogP contribution in [0.15, 0.2) is 67.3 Å². The van der Waals surface area contributed by atoms with Crippen molar-refractivity contribution in [3.05, 3.63) is 90.3 Å². The maximum absolute atomic E-state index is 15.0. The van der Waals surface area contributed by atoms with E-state index < -0.39 is 11.6 Å². The molecule has 3 nitrogen and oxygen atoms in total. The van der Waals surface area contributed by atoms with Gasteiger partial charge in [0, 0.05) is 17.9 Å². The molecule has 3 aromatic carbocycles. The minimum absolute atomic E-state index is 0.0852. The van der Waals surface area contributed by atoms with Crippen molar-refractivity contribution in [2.24, 2.45) is 0 Å². The Morgan fingerprint density at radius 1 is 0.917 bits per heavy atom. The van der Waals surface area contributed by atoms with Gasteiger partial charge in [-0.25, -0.2) is 8.78 Å². The van der Waals surface area contributed by atoms with Gasteiger partial charge in [-0.05, 0) is 53.3 Å². The Labute approximate surface area is 210 Å². The van der Waals surface area contributed by atoms with Crippen LogP contribution in [0.2, 0.25) is 0 Å². The lowest BCUT2D eigenvalue weighted by Gasteiger charge is -2.29. The zero-order chi connectivity index (χ0) is 25.5. The van der Waals surface area contributed by atoms with E-state index in [9.17, 15) is 13.2 Å². The Kier molecular flexibility index (Phi) is 8.83. The molecule has 0 unspecified atom stereocenters. The van der Waals surface area contributed by atoms with Crippen LogP contribution in [-0.2, 0) is 9.47 Å². The fraction of sp³-hybridized carbons (Fsp3) is 0.333. The molecule has 0 N–H and O–H groups in total. The van der Waals surface area contributed by atoms with Crippen molar-refractivity contribution in [3.63, 3.8) is 0 Å². The van der Waals surface area contributed by atoms with E-state index in [-0.39, 0.29) is 29.3 Å². The number of ether oxygens (including phenoxy) is 3. The molecule has 0 aliphatic carbocycles. The third-order valence-electron chi connectivity index (χ3n) is 6.34. The Bertz CT molecular complexity index is 1170. The molecule has 0 amide bonds. The van der Waals surface area contributed by atoms with Crippen molar-refractivity contribution in [2.45, 2.75) is 44.8 Å². The highest BCUT2D eigenvalue weighted by Crippen LogP contribution is 2.33. The number of rotatable bonds is 10. The van der Waals surface area contributed by atoms with E-state index in [1.54, 1.807) is 30.3 Å². The minimum atomic E-state index is -0.993. The minimum Gasteiger partial charge on any atom is -0.490 e. The zero-order valence-corrected chi connectivity index (χ0v) is 20.4. The van der Waals surface area contributed by atoms with Gasteiger partial charge in [-0.3, -0.25) is 0 Å². The Balaban J connectivity index is 1.45. The summed E-state index contributed by atoms with van der Waals surface area (Å²) in [7, 11) is 0. The summed E-state index contributed by atoms with van der Waals surface area (Å²) < 4.78 is 60.9. The van der Waals surface area contributed by atoms with Gasteiger partial charge < -0.3 is 14.2 Å². The second-order valence-corrected chi connectivity index (χ2v) is 8.91. The standard InChI is InChI=1S/C30H31F3O3/c1-3-5-7-28-35-18-23(19-36-28)24-13-12-22(17-26(24)31)20-8-10-21(11-9-20)25-14-15-27(30(33)29(25)32)34-16-6-4-2/h3,8-15,17,23,28H,1,4-7,16,18-19H2,2H3.